The van der Waals surface area contributed by atoms with Crippen LogP contribution in [0.4, 0.5) is 0 Å². The van der Waals surface area contributed by atoms with E-state index in [9.17, 15) is 9.59 Å². The number of aromatic nitrogens is 2. The molecule has 0 unspecified atom stereocenters. The van der Waals surface area contributed by atoms with E-state index in [-0.39, 0.29) is 24.6 Å². The summed E-state index contributed by atoms with van der Waals surface area (Å²) in [5.41, 5.74) is 2.09. The van der Waals surface area contributed by atoms with Crippen molar-refractivity contribution in [3.8, 4) is 22.8 Å². The van der Waals surface area contributed by atoms with Gasteiger partial charge in [-0.3, -0.25) is 14.2 Å². The molecule has 0 saturated heterocycles. The summed E-state index contributed by atoms with van der Waals surface area (Å²) in [7, 11) is 0. The van der Waals surface area contributed by atoms with Crippen LogP contribution in [0.25, 0.3) is 11.3 Å². The molecule has 1 heterocycles. The summed E-state index contributed by atoms with van der Waals surface area (Å²) in [6.07, 6.45) is 1.48. The van der Waals surface area contributed by atoms with Crippen LogP contribution in [0.5, 0.6) is 11.5 Å². The molecule has 3 rings (SSSR count). The summed E-state index contributed by atoms with van der Waals surface area (Å²) in [5.74, 6) is 1.06. The maximum Gasteiger partial charge on any atom is 0.258 e. The van der Waals surface area contributed by atoms with Gasteiger partial charge in [-0.05, 0) is 61.9 Å². The van der Waals surface area contributed by atoms with Gasteiger partial charge in [0.05, 0.1) is 18.6 Å². The van der Waals surface area contributed by atoms with Crippen LogP contribution in [-0.4, -0.2) is 35.2 Å². The highest BCUT2D eigenvalue weighted by Gasteiger charge is 2.06. The summed E-state index contributed by atoms with van der Waals surface area (Å²) in [5, 5.41) is 3.37. The Morgan fingerprint density at radius 1 is 1.10 bits per heavy atom. The fourth-order valence-electron chi connectivity index (χ4n) is 2.86. The lowest BCUT2D eigenvalue weighted by Gasteiger charge is -2.10. The number of rotatable bonds is 9. The van der Waals surface area contributed by atoms with Gasteiger partial charge in [0.25, 0.3) is 11.5 Å². The van der Waals surface area contributed by atoms with E-state index in [1.165, 1.54) is 17.0 Å². The molecule has 0 aliphatic carbocycles. The number of hydrogen-bond donors (Lipinski definition) is 1. The average Bonchev–Trinajstić information content (AvgIpc) is 2.76. The van der Waals surface area contributed by atoms with Gasteiger partial charge in [-0.25, -0.2) is 4.98 Å². The molecule has 3 aromatic rings. The van der Waals surface area contributed by atoms with Crippen molar-refractivity contribution < 1.29 is 14.3 Å². The van der Waals surface area contributed by atoms with Gasteiger partial charge >= 0.3 is 0 Å². The molecule has 8 heteroatoms. The van der Waals surface area contributed by atoms with Crippen LogP contribution in [0, 0.1) is 6.92 Å². The van der Waals surface area contributed by atoms with E-state index in [1.807, 2.05) is 38.1 Å². The number of hydrogen-bond acceptors (Lipinski definition) is 5. The summed E-state index contributed by atoms with van der Waals surface area (Å²) < 4.78 is 12.3. The Morgan fingerprint density at radius 2 is 1.84 bits per heavy atom. The van der Waals surface area contributed by atoms with E-state index >= 15 is 0 Å². The quantitative estimate of drug-likeness (QED) is 0.549. The van der Waals surface area contributed by atoms with Crippen molar-refractivity contribution in [3.63, 3.8) is 0 Å². The maximum atomic E-state index is 12.4. The minimum atomic E-state index is -0.278. The number of ether oxygens (including phenoxy) is 2. The number of amides is 1. The van der Waals surface area contributed by atoms with Crippen LogP contribution < -0.4 is 20.3 Å². The first-order chi connectivity index (χ1) is 15.0. The zero-order valence-corrected chi connectivity index (χ0v) is 18.2. The first kappa shape index (κ1) is 22.4. The molecule has 0 fully saturated rings. The van der Waals surface area contributed by atoms with Gasteiger partial charge in [0.15, 0.2) is 6.61 Å². The van der Waals surface area contributed by atoms with E-state index in [0.29, 0.717) is 29.6 Å². The van der Waals surface area contributed by atoms with Crippen molar-refractivity contribution >= 4 is 17.5 Å². The van der Waals surface area contributed by atoms with Crippen LogP contribution in [-0.2, 0) is 11.3 Å². The normalized spacial score (nSPS) is 10.5. The second-order valence-electron chi connectivity index (χ2n) is 6.81. The largest absolute Gasteiger partial charge is 0.494 e. The van der Waals surface area contributed by atoms with E-state index in [1.54, 1.807) is 18.2 Å². The van der Waals surface area contributed by atoms with Crippen molar-refractivity contribution in [3.05, 3.63) is 75.8 Å². The van der Waals surface area contributed by atoms with Crippen molar-refractivity contribution in [1.29, 1.82) is 0 Å². The Morgan fingerprint density at radius 3 is 2.52 bits per heavy atom. The van der Waals surface area contributed by atoms with Gasteiger partial charge in [0.2, 0.25) is 0 Å². The molecule has 162 valence electrons. The van der Waals surface area contributed by atoms with Gasteiger partial charge in [-0.15, -0.1) is 0 Å². The van der Waals surface area contributed by atoms with Crippen molar-refractivity contribution in [2.75, 3.05) is 19.8 Å². The Hall–Kier alpha value is -3.32. The monoisotopic (exact) mass is 441 g/mol. The Bertz CT molecular complexity index is 1100. The Labute approximate surface area is 185 Å². The lowest BCUT2D eigenvalue weighted by atomic mass is 10.1. The molecule has 31 heavy (non-hydrogen) atoms. The first-order valence-electron chi connectivity index (χ1n) is 9.91. The summed E-state index contributed by atoms with van der Waals surface area (Å²) in [6, 6.07) is 14.1. The highest BCUT2D eigenvalue weighted by molar-refractivity contribution is 6.31. The Balaban J connectivity index is 1.49. The topological polar surface area (TPSA) is 82.5 Å². The molecule has 0 bridgehead atoms. The third kappa shape index (κ3) is 6.33. The molecule has 0 spiro atoms. The molecule has 7 nitrogen and oxygen atoms in total. The van der Waals surface area contributed by atoms with Gasteiger partial charge in [0.1, 0.15) is 11.5 Å². The van der Waals surface area contributed by atoms with Crippen molar-refractivity contribution in [2.45, 2.75) is 20.4 Å². The second kappa shape index (κ2) is 10.6. The molecule has 1 aromatic heterocycles. The summed E-state index contributed by atoms with van der Waals surface area (Å²) >= 11 is 5.97. The van der Waals surface area contributed by atoms with Gasteiger partial charge in [-0.1, -0.05) is 11.6 Å². The Kier molecular flexibility index (Phi) is 7.67. The van der Waals surface area contributed by atoms with E-state index in [0.717, 1.165) is 16.9 Å². The molecule has 1 N–H and O–H groups in total. The molecule has 0 radical (unpaired) electrons. The zero-order valence-electron chi connectivity index (χ0n) is 17.4. The number of carbonyl (C=O) groups excluding carboxylic acids is 1. The predicted molar refractivity (Wildman–Crippen MR) is 120 cm³/mol. The summed E-state index contributed by atoms with van der Waals surface area (Å²) in [4.78, 5) is 28.7. The minimum absolute atomic E-state index is 0.120. The maximum absolute atomic E-state index is 12.4. The highest BCUT2D eigenvalue weighted by Crippen LogP contribution is 2.21. The van der Waals surface area contributed by atoms with Crippen LogP contribution in [0.3, 0.4) is 0 Å². The van der Waals surface area contributed by atoms with Gasteiger partial charge in [0, 0.05) is 29.7 Å². The smallest absolute Gasteiger partial charge is 0.258 e. The average molecular weight is 442 g/mol. The lowest BCUT2D eigenvalue weighted by Crippen LogP contribution is -2.33. The minimum Gasteiger partial charge on any atom is -0.494 e. The molecular weight excluding hydrogens is 418 g/mol. The number of nitrogens with zero attached hydrogens (tertiary/aromatic N) is 2. The summed E-state index contributed by atoms with van der Waals surface area (Å²) in [6.45, 7) is 4.85. The van der Waals surface area contributed by atoms with E-state index in [4.69, 9.17) is 21.1 Å². The lowest BCUT2D eigenvalue weighted by molar-refractivity contribution is -0.123. The second-order valence-corrected chi connectivity index (χ2v) is 7.22. The van der Waals surface area contributed by atoms with Crippen LogP contribution in [0.1, 0.15) is 12.5 Å². The number of carbonyl (C=O) groups is 1. The SMILES string of the molecule is CCOc1ccc(-c2cc(=O)n(CCNC(=O)COc3ccc(Cl)c(C)c3)cn2)cc1. The number of benzene rings is 2. The van der Waals surface area contributed by atoms with Crippen LogP contribution in [0.2, 0.25) is 5.02 Å². The van der Waals surface area contributed by atoms with Gasteiger partial charge in [-0.2, -0.15) is 0 Å². The standard InChI is InChI=1S/C23H24ClN3O4/c1-3-30-18-6-4-17(5-7-18)21-13-23(29)27(15-26-21)11-10-25-22(28)14-31-19-8-9-20(24)16(2)12-19/h4-9,12-13,15H,3,10-11,14H2,1-2H3,(H,25,28). The fourth-order valence-corrected chi connectivity index (χ4v) is 2.98. The first-order valence-corrected chi connectivity index (χ1v) is 10.3. The molecule has 0 saturated carbocycles. The third-order valence-corrected chi connectivity index (χ3v) is 4.94. The molecule has 1 amide bonds. The molecule has 2 aromatic carbocycles. The van der Waals surface area contributed by atoms with Gasteiger partial charge < -0.3 is 14.8 Å². The molecular formula is C23H24ClN3O4. The number of aryl methyl sites for hydroxylation is 1. The van der Waals surface area contributed by atoms with Crippen LogP contribution >= 0.6 is 11.6 Å². The fraction of sp³-hybridized carbons (Fsp3) is 0.261. The highest BCUT2D eigenvalue weighted by atomic mass is 35.5. The molecule has 0 aliphatic rings. The molecule has 0 atom stereocenters. The van der Waals surface area contributed by atoms with Crippen molar-refractivity contribution in [2.24, 2.45) is 0 Å². The number of halogens is 1. The third-order valence-electron chi connectivity index (χ3n) is 4.51. The van der Waals surface area contributed by atoms with Crippen LogP contribution in [0.15, 0.2) is 59.7 Å². The molecule has 0 aliphatic heterocycles. The van der Waals surface area contributed by atoms with E-state index in [2.05, 4.69) is 10.3 Å². The predicted octanol–water partition coefficient (Wildman–Crippen LogP) is 3.47. The number of nitrogens with one attached hydrogen (secondary N) is 1. The van der Waals surface area contributed by atoms with E-state index < -0.39 is 0 Å². The zero-order chi connectivity index (χ0) is 22.2. The van der Waals surface area contributed by atoms with Crippen molar-refractivity contribution in [1.82, 2.24) is 14.9 Å².